The number of nitrogens with one attached hydrogen (secondary N) is 1. The number of para-hydroxylation sites is 1. The summed E-state index contributed by atoms with van der Waals surface area (Å²) in [6.07, 6.45) is 0. The topological polar surface area (TPSA) is 24.5 Å². The summed E-state index contributed by atoms with van der Waals surface area (Å²) in [7, 11) is 0. The monoisotopic (exact) mass is 356 g/mol. The van der Waals surface area contributed by atoms with Crippen LogP contribution < -0.4 is 10.1 Å². The fourth-order valence-electron chi connectivity index (χ4n) is 2.03. The van der Waals surface area contributed by atoms with E-state index < -0.39 is 0 Å². The molecule has 0 saturated heterocycles. The summed E-state index contributed by atoms with van der Waals surface area (Å²) < 4.78 is 7.06. The van der Waals surface area contributed by atoms with Crippen LogP contribution in [0.4, 0.5) is 0 Å². The summed E-state index contributed by atoms with van der Waals surface area (Å²) in [5.41, 5.74) is 1.29. The second-order valence-corrected chi connectivity index (χ2v) is 7.06. The lowest BCUT2D eigenvalue weighted by Crippen LogP contribution is -2.35. The quantitative estimate of drug-likeness (QED) is 0.759. The van der Waals surface area contributed by atoms with Gasteiger partial charge in [-0.2, -0.15) is 0 Å². The van der Waals surface area contributed by atoms with Gasteiger partial charge in [-0.1, -0.05) is 26.0 Å². The normalized spacial score (nSPS) is 12.0. The molecule has 0 heterocycles. The van der Waals surface area contributed by atoms with Crippen LogP contribution >= 0.6 is 15.9 Å². The second-order valence-electron chi connectivity index (χ2n) is 6.21. The van der Waals surface area contributed by atoms with Gasteiger partial charge in [-0.3, -0.25) is 0 Å². The van der Waals surface area contributed by atoms with Gasteiger partial charge in [0.1, 0.15) is 12.4 Å². The predicted octanol–water partition coefficient (Wildman–Crippen LogP) is 4.06. The van der Waals surface area contributed by atoms with Gasteiger partial charge in [0.2, 0.25) is 0 Å². The number of hydrogen-bond donors (Lipinski definition) is 1. The molecule has 0 spiro atoms. The zero-order valence-electron chi connectivity index (χ0n) is 14.0. The van der Waals surface area contributed by atoms with Crippen molar-refractivity contribution in [1.82, 2.24) is 10.2 Å². The van der Waals surface area contributed by atoms with Crippen LogP contribution in [-0.4, -0.2) is 36.7 Å². The van der Waals surface area contributed by atoms with Crippen LogP contribution in [0.2, 0.25) is 0 Å². The Morgan fingerprint density at radius 3 is 2.43 bits per heavy atom. The highest BCUT2D eigenvalue weighted by Gasteiger charge is 2.13. The van der Waals surface area contributed by atoms with Crippen molar-refractivity contribution in [2.75, 3.05) is 26.2 Å². The average Bonchev–Trinajstić information content (AvgIpc) is 2.42. The molecule has 0 saturated carbocycles. The van der Waals surface area contributed by atoms with E-state index in [1.165, 1.54) is 5.56 Å². The number of ether oxygens (including phenoxy) is 1. The van der Waals surface area contributed by atoms with Crippen LogP contribution in [0.25, 0.3) is 0 Å². The minimum absolute atomic E-state index is 0.0980. The molecule has 0 aliphatic rings. The highest BCUT2D eigenvalue weighted by molar-refractivity contribution is 9.10. The van der Waals surface area contributed by atoms with Crippen LogP contribution in [0.15, 0.2) is 22.7 Å². The van der Waals surface area contributed by atoms with Crippen molar-refractivity contribution < 1.29 is 4.74 Å². The first kappa shape index (κ1) is 18.5. The Labute approximate surface area is 138 Å². The maximum Gasteiger partial charge on any atom is 0.138 e. The third-order valence-corrected chi connectivity index (χ3v) is 4.03. The zero-order chi connectivity index (χ0) is 15.9. The van der Waals surface area contributed by atoms with Crippen molar-refractivity contribution in [3.8, 4) is 5.75 Å². The van der Waals surface area contributed by atoms with Crippen molar-refractivity contribution in [2.45, 2.75) is 46.7 Å². The maximum atomic E-state index is 6.04. The molecule has 0 aromatic heterocycles. The van der Waals surface area contributed by atoms with E-state index >= 15 is 0 Å². The van der Waals surface area contributed by atoms with Crippen LogP contribution in [0.5, 0.6) is 5.75 Å². The fourth-order valence-corrected chi connectivity index (χ4v) is 2.55. The predicted molar refractivity (Wildman–Crippen MR) is 94.0 cm³/mol. The number of rotatable bonds is 8. The van der Waals surface area contributed by atoms with E-state index in [-0.39, 0.29) is 5.54 Å². The lowest BCUT2D eigenvalue weighted by atomic mass is 10.1. The molecule has 0 fully saturated rings. The van der Waals surface area contributed by atoms with Gasteiger partial charge in [-0.15, -0.1) is 0 Å². The molecule has 0 aliphatic heterocycles. The summed E-state index contributed by atoms with van der Waals surface area (Å²) in [5.74, 6) is 0.960. The van der Waals surface area contributed by atoms with Gasteiger partial charge in [0.05, 0.1) is 4.47 Å². The Morgan fingerprint density at radius 1 is 1.19 bits per heavy atom. The summed E-state index contributed by atoms with van der Waals surface area (Å²) in [5, 5.41) is 3.52. The molecule has 1 rings (SSSR count). The summed E-state index contributed by atoms with van der Waals surface area (Å²) in [6.45, 7) is 15.5. The van der Waals surface area contributed by atoms with E-state index in [1.807, 2.05) is 6.07 Å². The molecule has 0 aliphatic carbocycles. The van der Waals surface area contributed by atoms with Crippen LogP contribution in [0.3, 0.4) is 0 Å². The molecule has 0 radical (unpaired) electrons. The Balaban J connectivity index is 2.67. The lowest BCUT2D eigenvalue weighted by Gasteiger charge is -2.23. The molecule has 120 valence electrons. The third-order valence-electron chi connectivity index (χ3n) is 3.41. The molecule has 0 atom stereocenters. The number of benzene rings is 1. The van der Waals surface area contributed by atoms with Crippen molar-refractivity contribution in [2.24, 2.45) is 0 Å². The standard InChI is InChI=1S/C17H29BrN2O/c1-6-20(7-2)11-12-21-16-14(9-8-10-15(16)18)13-19-17(3,4)5/h8-10,19H,6-7,11-13H2,1-5H3. The number of hydrogen-bond acceptors (Lipinski definition) is 3. The molecule has 21 heavy (non-hydrogen) atoms. The van der Waals surface area contributed by atoms with E-state index in [4.69, 9.17) is 4.74 Å². The SMILES string of the molecule is CCN(CC)CCOc1c(Br)cccc1CNC(C)(C)C. The molecule has 1 aromatic rings. The van der Waals surface area contributed by atoms with Crippen molar-refractivity contribution in [3.05, 3.63) is 28.2 Å². The molecule has 0 bridgehead atoms. The number of likely N-dealkylation sites (N-methyl/N-ethyl adjacent to an activating group) is 1. The molecule has 0 amide bonds. The number of halogens is 1. The van der Waals surface area contributed by atoms with E-state index in [9.17, 15) is 0 Å². The van der Waals surface area contributed by atoms with Crippen LogP contribution in [0, 0.1) is 0 Å². The van der Waals surface area contributed by atoms with Crippen LogP contribution in [0.1, 0.15) is 40.2 Å². The molecule has 0 unspecified atom stereocenters. The average molecular weight is 357 g/mol. The smallest absolute Gasteiger partial charge is 0.138 e. The van der Waals surface area contributed by atoms with Gasteiger partial charge in [-0.25, -0.2) is 0 Å². The van der Waals surface area contributed by atoms with E-state index in [0.717, 1.165) is 36.4 Å². The minimum atomic E-state index is 0.0980. The molecule has 3 nitrogen and oxygen atoms in total. The Morgan fingerprint density at radius 2 is 1.86 bits per heavy atom. The summed E-state index contributed by atoms with van der Waals surface area (Å²) >= 11 is 3.60. The Bertz CT molecular complexity index is 425. The fraction of sp³-hybridized carbons (Fsp3) is 0.647. The third kappa shape index (κ3) is 6.81. The van der Waals surface area contributed by atoms with Gasteiger partial charge in [0.25, 0.3) is 0 Å². The van der Waals surface area contributed by atoms with E-state index in [1.54, 1.807) is 0 Å². The first-order valence-electron chi connectivity index (χ1n) is 7.75. The second kappa shape index (κ2) is 8.76. The molecule has 1 aromatic carbocycles. The minimum Gasteiger partial charge on any atom is -0.491 e. The van der Waals surface area contributed by atoms with Crippen molar-refractivity contribution >= 4 is 15.9 Å². The van der Waals surface area contributed by atoms with E-state index in [2.05, 4.69) is 72.9 Å². The van der Waals surface area contributed by atoms with Crippen molar-refractivity contribution in [1.29, 1.82) is 0 Å². The van der Waals surface area contributed by atoms with Gasteiger partial charge in [-0.05, 0) is 55.9 Å². The molecular formula is C17H29BrN2O. The van der Waals surface area contributed by atoms with Crippen LogP contribution in [-0.2, 0) is 6.54 Å². The largest absolute Gasteiger partial charge is 0.491 e. The molecule has 4 heteroatoms. The van der Waals surface area contributed by atoms with Gasteiger partial charge in [0, 0.05) is 24.2 Å². The highest BCUT2D eigenvalue weighted by atomic mass is 79.9. The first-order valence-corrected chi connectivity index (χ1v) is 8.54. The highest BCUT2D eigenvalue weighted by Crippen LogP contribution is 2.29. The summed E-state index contributed by atoms with van der Waals surface area (Å²) in [6, 6.07) is 6.21. The van der Waals surface area contributed by atoms with Crippen molar-refractivity contribution in [3.63, 3.8) is 0 Å². The Hall–Kier alpha value is -0.580. The van der Waals surface area contributed by atoms with Gasteiger partial charge in [0.15, 0.2) is 0 Å². The summed E-state index contributed by atoms with van der Waals surface area (Å²) in [4.78, 5) is 2.37. The van der Waals surface area contributed by atoms with Gasteiger partial charge >= 0.3 is 0 Å². The van der Waals surface area contributed by atoms with E-state index in [0.29, 0.717) is 6.61 Å². The lowest BCUT2D eigenvalue weighted by molar-refractivity contribution is 0.220. The number of nitrogens with zero attached hydrogens (tertiary/aromatic N) is 1. The Kier molecular flexibility index (Phi) is 7.71. The maximum absolute atomic E-state index is 6.04. The van der Waals surface area contributed by atoms with Gasteiger partial charge < -0.3 is 15.0 Å². The first-order chi connectivity index (χ1) is 9.87. The molecule has 1 N–H and O–H groups in total. The molecular weight excluding hydrogens is 328 g/mol. The zero-order valence-corrected chi connectivity index (χ0v) is 15.6.